The predicted octanol–water partition coefficient (Wildman–Crippen LogP) is 1.24. The van der Waals surface area contributed by atoms with E-state index >= 15 is 0 Å². The first-order valence-electron chi connectivity index (χ1n) is 5.91. The fraction of sp³-hybridized carbons (Fsp3) is 0.500. The van der Waals surface area contributed by atoms with Crippen molar-refractivity contribution in [3.63, 3.8) is 0 Å². The predicted molar refractivity (Wildman–Crippen MR) is 71.8 cm³/mol. The molecule has 0 aromatic carbocycles. The SMILES string of the molecule is COCC(O)CN(C)Cc1noc(-c2cccs2)n1. The molecule has 1 N–H and O–H groups in total. The van der Waals surface area contributed by atoms with Crippen molar-refractivity contribution in [2.24, 2.45) is 0 Å². The summed E-state index contributed by atoms with van der Waals surface area (Å²) in [5.41, 5.74) is 0. The van der Waals surface area contributed by atoms with Crippen LogP contribution in [0, 0.1) is 0 Å². The van der Waals surface area contributed by atoms with Crippen LogP contribution in [-0.2, 0) is 11.3 Å². The van der Waals surface area contributed by atoms with Gasteiger partial charge in [-0.05, 0) is 18.5 Å². The fourth-order valence-corrected chi connectivity index (χ4v) is 2.37. The molecule has 0 saturated carbocycles. The lowest BCUT2D eigenvalue weighted by Crippen LogP contribution is -2.31. The van der Waals surface area contributed by atoms with Gasteiger partial charge >= 0.3 is 0 Å². The van der Waals surface area contributed by atoms with Crippen molar-refractivity contribution in [3.8, 4) is 10.8 Å². The zero-order valence-electron chi connectivity index (χ0n) is 10.9. The molecule has 0 bridgehead atoms. The van der Waals surface area contributed by atoms with Gasteiger partial charge < -0.3 is 14.4 Å². The summed E-state index contributed by atoms with van der Waals surface area (Å²) >= 11 is 1.56. The summed E-state index contributed by atoms with van der Waals surface area (Å²) in [6.07, 6.45) is -0.515. The van der Waals surface area contributed by atoms with Gasteiger partial charge in [0.25, 0.3) is 5.89 Å². The molecule has 104 valence electrons. The molecule has 2 heterocycles. The topological polar surface area (TPSA) is 71.6 Å². The van der Waals surface area contributed by atoms with Crippen molar-refractivity contribution in [2.75, 3.05) is 27.3 Å². The van der Waals surface area contributed by atoms with E-state index in [-0.39, 0.29) is 0 Å². The van der Waals surface area contributed by atoms with Gasteiger partial charge in [-0.25, -0.2) is 0 Å². The molecule has 0 aliphatic rings. The number of nitrogens with zero attached hydrogens (tertiary/aromatic N) is 3. The molecule has 2 aromatic rings. The Morgan fingerprint density at radius 1 is 1.58 bits per heavy atom. The fourth-order valence-electron chi connectivity index (χ4n) is 1.73. The van der Waals surface area contributed by atoms with Gasteiger partial charge in [0.1, 0.15) is 0 Å². The smallest absolute Gasteiger partial charge is 0.268 e. The third-order valence-corrected chi connectivity index (χ3v) is 3.35. The number of thiophene rings is 1. The van der Waals surface area contributed by atoms with Gasteiger partial charge in [-0.2, -0.15) is 4.98 Å². The third-order valence-electron chi connectivity index (χ3n) is 2.49. The largest absolute Gasteiger partial charge is 0.389 e. The van der Waals surface area contributed by atoms with Crippen molar-refractivity contribution >= 4 is 11.3 Å². The average molecular weight is 283 g/mol. The standard InChI is InChI=1S/C12H17N3O3S/c1-15(6-9(16)8-17-2)7-11-13-12(18-14-11)10-4-3-5-19-10/h3-5,9,16H,6-8H2,1-2H3. The van der Waals surface area contributed by atoms with E-state index in [1.807, 2.05) is 29.5 Å². The molecular weight excluding hydrogens is 266 g/mol. The van der Waals surface area contributed by atoms with Crippen molar-refractivity contribution in [1.29, 1.82) is 0 Å². The molecule has 1 unspecified atom stereocenters. The third kappa shape index (κ3) is 4.10. The molecule has 0 aliphatic heterocycles. The normalized spacial score (nSPS) is 13.1. The van der Waals surface area contributed by atoms with Crippen molar-refractivity contribution in [3.05, 3.63) is 23.3 Å². The number of likely N-dealkylation sites (N-methyl/N-ethyl adjacent to an activating group) is 1. The first-order valence-corrected chi connectivity index (χ1v) is 6.79. The van der Waals surface area contributed by atoms with Crippen LogP contribution < -0.4 is 0 Å². The molecular formula is C12H17N3O3S. The molecule has 7 heteroatoms. The lowest BCUT2D eigenvalue weighted by Gasteiger charge is -2.18. The second kappa shape index (κ2) is 6.76. The van der Waals surface area contributed by atoms with Crippen LogP contribution in [0.15, 0.2) is 22.0 Å². The minimum atomic E-state index is -0.515. The van der Waals surface area contributed by atoms with Crippen LogP contribution in [0.25, 0.3) is 10.8 Å². The Morgan fingerprint density at radius 2 is 2.42 bits per heavy atom. The number of rotatable bonds is 7. The quantitative estimate of drug-likeness (QED) is 0.824. The number of hydrogen-bond acceptors (Lipinski definition) is 7. The lowest BCUT2D eigenvalue weighted by molar-refractivity contribution is 0.0413. The van der Waals surface area contributed by atoms with Crippen molar-refractivity contribution in [2.45, 2.75) is 12.6 Å². The van der Waals surface area contributed by atoms with Gasteiger partial charge in [-0.15, -0.1) is 11.3 Å². The van der Waals surface area contributed by atoms with Crippen LogP contribution in [0.1, 0.15) is 5.82 Å². The molecule has 0 radical (unpaired) electrons. The van der Waals surface area contributed by atoms with Crippen LogP contribution in [0.4, 0.5) is 0 Å². The summed E-state index contributed by atoms with van der Waals surface area (Å²) in [6, 6.07) is 3.88. The Bertz CT molecular complexity index is 486. The van der Waals surface area contributed by atoms with Gasteiger partial charge in [0, 0.05) is 13.7 Å². The zero-order chi connectivity index (χ0) is 13.7. The number of hydrogen-bond donors (Lipinski definition) is 1. The molecule has 0 fully saturated rings. The summed E-state index contributed by atoms with van der Waals surface area (Å²) in [5, 5.41) is 15.5. The van der Waals surface area contributed by atoms with Crippen LogP contribution in [0.3, 0.4) is 0 Å². The zero-order valence-corrected chi connectivity index (χ0v) is 11.8. The first-order chi connectivity index (χ1) is 9.19. The van der Waals surface area contributed by atoms with Gasteiger partial charge in [0.2, 0.25) is 0 Å². The molecule has 0 amide bonds. The molecule has 1 atom stereocenters. The van der Waals surface area contributed by atoms with E-state index in [0.29, 0.717) is 31.4 Å². The number of aromatic nitrogens is 2. The molecule has 0 spiro atoms. The van der Waals surface area contributed by atoms with E-state index in [9.17, 15) is 5.11 Å². The molecule has 19 heavy (non-hydrogen) atoms. The Balaban J connectivity index is 1.89. The highest BCUT2D eigenvalue weighted by molar-refractivity contribution is 7.13. The summed E-state index contributed by atoms with van der Waals surface area (Å²) in [7, 11) is 3.45. The Morgan fingerprint density at radius 3 is 3.11 bits per heavy atom. The number of aliphatic hydroxyl groups excluding tert-OH is 1. The monoisotopic (exact) mass is 283 g/mol. The van der Waals surface area contributed by atoms with Gasteiger partial charge in [-0.3, -0.25) is 4.90 Å². The second-order valence-corrected chi connectivity index (χ2v) is 5.25. The first kappa shape index (κ1) is 14.1. The van der Waals surface area contributed by atoms with Crippen LogP contribution in [0.5, 0.6) is 0 Å². The highest BCUT2D eigenvalue weighted by atomic mass is 32.1. The van der Waals surface area contributed by atoms with Crippen LogP contribution >= 0.6 is 11.3 Å². The Hall–Kier alpha value is -1.28. The Labute approximate surface area is 115 Å². The van der Waals surface area contributed by atoms with Crippen molar-refractivity contribution < 1.29 is 14.4 Å². The lowest BCUT2D eigenvalue weighted by atomic mass is 10.3. The van der Waals surface area contributed by atoms with Crippen molar-refractivity contribution in [1.82, 2.24) is 15.0 Å². The van der Waals surface area contributed by atoms with Crippen LogP contribution in [0.2, 0.25) is 0 Å². The average Bonchev–Trinajstić information content (AvgIpc) is 2.98. The van der Waals surface area contributed by atoms with E-state index in [4.69, 9.17) is 9.26 Å². The Kier molecular flexibility index (Phi) is 5.03. The second-order valence-electron chi connectivity index (χ2n) is 4.30. The number of aliphatic hydroxyl groups is 1. The van der Waals surface area contributed by atoms with E-state index in [1.54, 1.807) is 18.4 Å². The van der Waals surface area contributed by atoms with E-state index in [1.165, 1.54) is 0 Å². The molecule has 6 nitrogen and oxygen atoms in total. The molecule has 2 rings (SSSR count). The van der Waals surface area contributed by atoms with E-state index in [2.05, 4.69) is 10.1 Å². The van der Waals surface area contributed by atoms with Crippen LogP contribution in [-0.4, -0.2) is 53.6 Å². The van der Waals surface area contributed by atoms with Gasteiger partial charge in [-0.1, -0.05) is 11.2 Å². The minimum Gasteiger partial charge on any atom is -0.389 e. The molecule has 0 saturated heterocycles. The molecule has 0 aliphatic carbocycles. The summed E-state index contributed by atoms with van der Waals surface area (Å²) in [6.45, 7) is 1.34. The van der Waals surface area contributed by atoms with E-state index in [0.717, 1.165) is 4.88 Å². The molecule has 2 aromatic heterocycles. The maximum atomic E-state index is 9.62. The highest BCUT2D eigenvalue weighted by Gasteiger charge is 2.13. The van der Waals surface area contributed by atoms with Gasteiger partial charge in [0.05, 0.1) is 24.1 Å². The summed E-state index contributed by atoms with van der Waals surface area (Å²) in [4.78, 5) is 7.21. The van der Waals surface area contributed by atoms with Gasteiger partial charge in [0.15, 0.2) is 5.82 Å². The summed E-state index contributed by atoms with van der Waals surface area (Å²) in [5.74, 6) is 1.14. The minimum absolute atomic E-state index is 0.316. The number of methoxy groups -OCH3 is 1. The maximum absolute atomic E-state index is 9.62. The summed E-state index contributed by atoms with van der Waals surface area (Å²) < 4.78 is 10.1. The van der Waals surface area contributed by atoms with E-state index < -0.39 is 6.10 Å². The highest BCUT2D eigenvalue weighted by Crippen LogP contribution is 2.22. The maximum Gasteiger partial charge on any atom is 0.268 e. The number of ether oxygens (including phenoxy) is 1.